The summed E-state index contributed by atoms with van der Waals surface area (Å²) in [5.74, 6) is -1.72. The monoisotopic (exact) mass is 463 g/mol. The van der Waals surface area contributed by atoms with Crippen molar-refractivity contribution in [3.05, 3.63) is 65.5 Å². The Morgan fingerprint density at radius 2 is 1.91 bits per heavy atom. The molecule has 1 fully saturated rings. The van der Waals surface area contributed by atoms with Gasteiger partial charge < -0.3 is 14.2 Å². The molecule has 4 rings (SSSR count). The average molecular weight is 464 g/mol. The summed E-state index contributed by atoms with van der Waals surface area (Å²) in [6.45, 7) is 11.1. The predicted octanol–water partition coefficient (Wildman–Crippen LogP) is 3.40. The van der Waals surface area contributed by atoms with Crippen molar-refractivity contribution in [1.29, 1.82) is 0 Å². The zero-order chi connectivity index (χ0) is 24.8. The van der Waals surface area contributed by atoms with Gasteiger partial charge in [0.15, 0.2) is 6.61 Å². The van der Waals surface area contributed by atoms with E-state index in [-0.39, 0.29) is 36.5 Å². The molecule has 34 heavy (non-hydrogen) atoms. The summed E-state index contributed by atoms with van der Waals surface area (Å²) in [6.07, 6.45) is 1.94. The van der Waals surface area contributed by atoms with Crippen LogP contribution in [0, 0.1) is 13.8 Å². The van der Waals surface area contributed by atoms with Gasteiger partial charge in [-0.2, -0.15) is 0 Å². The van der Waals surface area contributed by atoms with Crippen LogP contribution in [-0.4, -0.2) is 51.3 Å². The van der Waals surface area contributed by atoms with Gasteiger partial charge in [-0.05, 0) is 45.9 Å². The number of carbonyl (C=O) groups is 4. The molecule has 2 aliphatic heterocycles. The SMILES string of the molecule is C=CCn1c(C)cc(C(=O)COC(=O)C23CCC(=O)N2c2ccccc2C(=O)N3C(C)C)c1C. The van der Waals surface area contributed by atoms with E-state index >= 15 is 0 Å². The second-order valence-corrected chi connectivity index (χ2v) is 9.02. The number of para-hydroxylation sites is 1. The number of esters is 1. The lowest BCUT2D eigenvalue weighted by molar-refractivity contribution is -0.157. The average Bonchev–Trinajstić information content (AvgIpc) is 3.30. The third-order valence-corrected chi connectivity index (χ3v) is 6.66. The summed E-state index contributed by atoms with van der Waals surface area (Å²) in [5, 5.41) is 0. The van der Waals surface area contributed by atoms with Crippen molar-refractivity contribution < 1.29 is 23.9 Å². The van der Waals surface area contributed by atoms with Crippen molar-refractivity contribution in [3.63, 3.8) is 0 Å². The molecule has 1 atom stereocenters. The van der Waals surface area contributed by atoms with Crippen LogP contribution in [0.15, 0.2) is 43.0 Å². The van der Waals surface area contributed by atoms with Crippen molar-refractivity contribution in [2.45, 2.75) is 58.8 Å². The standard InChI is InChI=1S/C26H29N3O5/c1-6-13-27-17(4)14-20(18(27)5)22(30)15-34-25(33)26-12-11-23(31)29(26)21-10-8-7-9-19(21)24(32)28(26)16(2)3/h6-10,14,16H,1,11-13,15H2,2-5H3. The first-order chi connectivity index (χ1) is 16.1. The number of amides is 2. The van der Waals surface area contributed by atoms with Crippen molar-refractivity contribution in [3.8, 4) is 0 Å². The fourth-order valence-corrected chi connectivity index (χ4v) is 5.19. The van der Waals surface area contributed by atoms with Crippen LogP contribution in [0.5, 0.6) is 0 Å². The number of hydrogen-bond acceptors (Lipinski definition) is 5. The molecule has 0 spiro atoms. The van der Waals surface area contributed by atoms with E-state index in [1.165, 1.54) is 9.80 Å². The van der Waals surface area contributed by atoms with Crippen molar-refractivity contribution in [2.24, 2.45) is 0 Å². The smallest absolute Gasteiger partial charge is 0.354 e. The molecule has 1 aromatic carbocycles. The summed E-state index contributed by atoms with van der Waals surface area (Å²) < 4.78 is 7.51. The van der Waals surface area contributed by atoms with Crippen LogP contribution < -0.4 is 4.90 Å². The van der Waals surface area contributed by atoms with Crippen molar-refractivity contribution in [1.82, 2.24) is 9.47 Å². The maximum absolute atomic E-state index is 13.6. The first kappa shape index (κ1) is 23.5. The molecule has 0 aliphatic carbocycles. The van der Waals surface area contributed by atoms with Gasteiger partial charge in [0, 0.05) is 42.4 Å². The van der Waals surface area contributed by atoms with E-state index in [0.717, 1.165) is 11.4 Å². The molecular weight excluding hydrogens is 434 g/mol. The van der Waals surface area contributed by atoms with E-state index in [1.807, 2.05) is 18.4 Å². The Bertz CT molecular complexity index is 1210. The highest BCUT2D eigenvalue weighted by Gasteiger charge is 2.62. The van der Waals surface area contributed by atoms with Gasteiger partial charge in [0.2, 0.25) is 17.4 Å². The molecule has 0 saturated carbocycles. The molecule has 178 valence electrons. The molecule has 0 N–H and O–H groups in total. The molecule has 2 aromatic rings. The highest BCUT2D eigenvalue weighted by molar-refractivity contribution is 6.15. The lowest BCUT2D eigenvalue weighted by Gasteiger charge is -2.50. The minimum absolute atomic E-state index is 0.0938. The largest absolute Gasteiger partial charge is 0.454 e. The van der Waals surface area contributed by atoms with Crippen LogP contribution in [0.2, 0.25) is 0 Å². The topological polar surface area (TPSA) is 88.9 Å². The third-order valence-electron chi connectivity index (χ3n) is 6.66. The van der Waals surface area contributed by atoms with Crippen LogP contribution >= 0.6 is 0 Å². The number of aromatic nitrogens is 1. The molecule has 8 nitrogen and oxygen atoms in total. The Morgan fingerprint density at radius 3 is 2.59 bits per heavy atom. The Morgan fingerprint density at radius 1 is 1.21 bits per heavy atom. The second-order valence-electron chi connectivity index (χ2n) is 9.02. The van der Waals surface area contributed by atoms with Crippen molar-refractivity contribution >= 4 is 29.3 Å². The first-order valence-electron chi connectivity index (χ1n) is 11.4. The fourth-order valence-electron chi connectivity index (χ4n) is 5.19. The van der Waals surface area contributed by atoms with Crippen LogP contribution in [0.3, 0.4) is 0 Å². The Balaban J connectivity index is 1.67. The summed E-state index contributed by atoms with van der Waals surface area (Å²) in [5.41, 5.74) is 1.27. The number of hydrogen-bond donors (Lipinski definition) is 0. The van der Waals surface area contributed by atoms with E-state index in [2.05, 4.69) is 6.58 Å². The number of aryl methyl sites for hydroxylation is 1. The van der Waals surface area contributed by atoms with Gasteiger partial charge >= 0.3 is 5.97 Å². The normalized spacial score (nSPS) is 19.3. The Labute approximate surface area is 198 Å². The van der Waals surface area contributed by atoms with E-state index in [0.29, 0.717) is 23.4 Å². The minimum atomic E-state index is -1.61. The Kier molecular flexibility index (Phi) is 5.93. The number of anilines is 1. The van der Waals surface area contributed by atoms with E-state index in [4.69, 9.17) is 4.74 Å². The lowest BCUT2D eigenvalue weighted by atomic mass is 9.95. The molecule has 1 aromatic heterocycles. The summed E-state index contributed by atoms with van der Waals surface area (Å²) in [7, 11) is 0. The number of allylic oxidation sites excluding steroid dienone is 1. The summed E-state index contributed by atoms with van der Waals surface area (Å²) in [6, 6.07) is 8.14. The van der Waals surface area contributed by atoms with Gasteiger partial charge in [-0.25, -0.2) is 4.79 Å². The highest BCUT2D eigenvalue weighted by atomic mass is 16.5. The van der Waals surface area contributed by atoms with E-state index in [1.54, 1.807) is 50.3 Å². The number of rotatable bonds is 7. The number of carbonyl (C=O) groups excluding carboxylic acids is 4. The maximum Gasteiger partial charge on any atom is 0.354 e. The van der Waals surface area contributed by atoms with E-state index in [9.17, 15) is 19.2 Å². The zero-order valence-corrected chi connectivity index (χ0v) is 20.0. The number of ketones is 1. The molecular formula is C26H29N3O5. The molecule has 1 saturated heterocycles. The molecule has 2 amide bonds. The van der Waals surface area contributed by atoms with Crippen molar-refractivity contribution in [2.75, 3.05) is 11.5 Å². The molecule has 0 radical (unpaired) electrons. The molecule has 0 bridgehead atoms. The number of ether oxygens (including phenoxy) is 1. The minimum Gasteiger partial charge on any atom is -0.454 e. The van der Waals surface area contributed by atoms with Crippen LogP contribution in [-0.2, 0) is 20.9 Å². The highest BCUT2D eigenvalue weighted by Crippen LogP contribution is 2.46. The van der Waals surface area contributed by atoms with Gasteiger partial charge in [0.1, 0.15) is 0 Å². The van der Waals surface area contributed by atoms with Crippen LogP contribution in [0.4, 0.5) is 5.69 Å². The first-order valence-corrected chi connectivity index (χ1v) is 11.4. The quantitative estimate of drug-likeness (QED) is 0.357. The second kappa shape index (κ2) is 8.59. The number of Topliss-reactive ketones (excluding diaryl/α,β-unsaturated/α-hetero) is 1. The molecule has 8 heteroatoms. The predicted molar refractivity (Wildman–Crippen MR) is 127 cm³/mol. The summed E-state index contributed by atoms with van der Waals surface area (Å²) in [4.78, 5) is 55.8. The summed E-state index contributed by atoms with van der Waals surface area (Å²) >= 11 is 0. The number of benzene rings is 1. The molecule has 3 heterocycles. The van der Waals surface area contributed by atoms with Gasteiger partial charge in [-0.3, -0.25) is 19.3 Å². The number of nitrogens with zero attached hydrogens (tertiary/aromatic N) is 3. The van der Waals surface area contributed by atoms with Gasteiger partial charge in [-0.1, -0.05) is 18.2 Å². The van der Waals surface area contributed by atoms with Gasteiger partial charge in [0.05, 0.1) is 11.3 Å². The molecule has 1 unspecified atom stereocenters. The fraction of sp³-hybridized carbons (Fsp3) is 0.385. The van der Waals surface area contributed by atoms with Gasteiger partial charge in [0.25, 0.3) is 5.91 Å². The van der Waals surface area contributed by atoms with Crippen LogP contribution in [0.25, 0.3) is 0 Å². The van der Waals surface area contributed by atoms with Gasteiger partial charge in [-0.15, -0.1) is 6.58 Å². The lowest BCUT2D eigenvalue weighted by Crippen LogP contribution is -2.70. The third kappa shape index (κ3) is 3.36. The zero-order valence-electron chi connectivity index (χ0n) is 20.0. The maximum atomic E-state index is 13.6. The van der Waals surface area contributed by atoms with Crippen LogP contribution in [0.1, 0.15) is 58.8 Å². The Hall–Kier alpha value is -3.68. The molecule has 2 aliphatic rings. The number of fused-ring (bicyclic) bond motifs is 3. The van der Waals surface area contributed by atoms with E-state index < -0.39 is 18.2 Å².